The molecule has 7 nitrogen and oxygen atoms in total. The van der Waals surface area contributed by atoms with Gasteiger partial charge in [0.05, 0.1) is 11.9 Å². The normalized spacial score (nSPS) is 14.6. The summed E-state index contributed by atoms with van der Waals surface area (Å²) in [7, 11) is 0. The SMILES string of the molecule is Nc1ccc(N2CCN(C(=O)OCc3ccccc3)CC2=O)nc1. The number of benzene rings is 1. The second-order valence-electron chi connectivity index (χ2n) is 5.46. The fourth-order valence-corrected chi connectivity index (χ4v) is 2.44. The zero-order valence-electron chi connectivity index (χ0n) is 13.1. The summed E-state index contributed by atoms with van der Waals surface area (Å²) in [6.07, 6.45) is 1.01. The molecule has 3 rings (SSSR count). The minimum atomic E-state index is -0.489. The fraction of sp³-hybridized carbons (Fsp3) is 0.235. The summed E-state index contributed by atoms with van der Waals surface area (Å²) < 4.78 is 5.26. The van der Waals surface area contributed by atoms with Crippen LogP contribution in [0.2, 0.25) is 0 Å². The van der Waals surface area contributed by atoms with Gasteiger partial charge in [-0.2, -0.15) is 0 Å². The summed E-state index contributed by atoms with van der Waals surface area (Å²) in [5.41, 5.74) is 7.04. The van der Waals surface area contributed by atoms with Crippen LogP contribution >= 0.6 is 0 Å². The molecule has 1 aliphatic rings. The van der Waals surface area contributed by atoms with Crippen molar-refractivity contribution in [3.05, 3.63) is 54.2 Å². The molecule has 0 bridgehead atoms. The molecule has 0 saturated carbocycles. The standard InChI is InChI=1S/C17H18N4O3/c18-14-6-7-15(19-10-14)21-9-8-20(11-16(21)22)17(23)24-12-13-4-2-1-3-5-13/h1-7,10H,8-9,11-12,18H2. The van der Waals surface area contributed by atoms with Gasteiger partial charge in [0.2, 0.25) is 5.91 Å². The van der Waals surface area contributed by atoms with Crippen molar-refractivity contribution in [1.29, 1.82) is 0 Å². The quantitative estimate of drug-likeness (QED) is 0.926. The van der Waals surface area contributed by atoms with Crippen LogP contribution in [-0.4, -0.2) is 41.5 Å². The van der Waals surface area contributed by atoms with Crippen molar-refractivity contribution >= 4 is 23.5 Å². The molecule has 1 aromatic carbocycles. The first kappa shape index (κ1) is 15.8. The molecule has 1 aromatic heterocycles. The maximum absolute atomic E-state index is 12.3. The molecule has 2 amide bonds. The van der Waals surface area contributed by atoms with Crippen molar-refractivity contribution in [3.63, 3.8) is 0 Å². The molecular formula is C17H18N4O3. The third-order valence-corrected chi connectivity index (χ3v) is 3.73. The lowest BCUT2D eigenvalue weighted by Gasteiger charge is -2.33. The molecule has 124 valence electrons. The largest absolute Gasteiger partial charge is 0.445 e. The molecule has 0 unspecified atom stereocenters. The van der Waals surface area contributed by atoms with Crippen LogP contribution in [0.3, 0.4) is 0 Å². The van der Waals surface area contributed by atoms with E-state index in [1.54, 1.807) is 17.0 Å². The number of aromatic nitrogens is 1. The molecule has 1 saturated heterocycles. The van der Waals surface area contributed by atoms with Gasteiger partial charge in [-0.15, -0.1) is 0 Å². The van der Waals surface area contributed by atoms with Gasteiger partial charge in [-0.25, -0.2) is 9.78 Å². The summed E-state index contributed by atoms with van der Waals surface area (Å²) in [5, 5.41) is 0. The van der Waals surface area contributed by atoms with Crippen molar-refractivity contribution in [3.8, 4) is 0 Å². The predicted molar refractivity (Wildman–Crippen MR) is 89.2 cm³/mol. The van der Waals surface area contributed by atoms with Crippen molar-refractivity contribution < 1.29 is 14.3 Å². The number of piperazine rings is 1. The van der Waals surface area contributed by atoms with E-state index in [0.29, 0.717) is 24.6 Å². The lowest BCUT2D eigenvalue weighted by atomic mass is 10.2. The first-order valence-electron chi connectivity index (χ1n) is 7.61. The van der Waals surface area contributed by atoms with Crippen LogP contribution in [0.15, 0.2) is 48.7 Å². The lowest BCUT2D eigenvalue weighted by Crippen LogP contribution is -2.52. The summed E-state index contributed by atoms with van der Waals surface area (Å²) in [6.45, 7) is 0.925. The van der Waals surface area contributed by atoms with E-state index >= 15 is 0 Å². The number of carbonyl (C=O) groups excluding carboxylic acids is 2. The van der Waals surface area contributed by atoms with E-state index in [2.05, 4.69) is 4.98 Å². The summed E-state index contributed by atoms with van der Waals surface area (Å²) >= 11 is 0. The third kappa shape index (κ3) is 3.62. The Kier molecular flexibility index (Phi) is 4.60. The zero-order valence-corrected chi connectivity index (χ0v) is 13.1. The topological polar surface area (TPSA) is 88.8 Å². The Labute approximate surface area is 139 Å². The van der Waals surface area contributed by atoms with Crippen LogP contribution in [0.5, 0.6) is 0 Å². The minimum absolute atomic E-state index is 0.0281. The Morgan fingerprint density at radius 3 is 2.62 bits per heavy atom. The molecular weight excluding hydrogens is 308 g/mol. The summed E-state index contributed by atoms with van der Waals surface area (Å²) in [5.74, 6) is 0.335. The number of amides is 2. The van der Waals surface area contributed by atoms with E-state index in [1.807, 2.05) is 30.3 Å². The van der Waals surface area contributed by atoms with Gasteiger partial charge in [-0.05, 0) is 17.7 Å². The Bertz CT molecular complexity index is 718. The van der Waals surface area contributed by atoms with Crippen molar-refractivity contribution in [2.75, 3.05) is 30.3 Å². The van der Waals surface area contributed by atoms with Gasteiger partial charge in [0.25, 0.3) is 0 Å². The molecule has 7 heteroatoms. The number of nitrogen functional groups attached to an aromatic ring is 1. The van der Waals surface area contributed by atoms with Gasteiger partial charge in [0, 0.05) is 13.1 Å². The smallest absolute Gasteiger partial charge is 0.410 e. The van der Waals surface area contributed by atoms with Crippen molar-refractivity contribution in [1.82, 2.24) is 9.88 Å². The van der Waals surface area contributed by atoms with Crippen LogP contribution in [-0.2, 0) is 16.1 Å². The second kappa shape index (κ2) is 6.99. The summed E-state index contributed by atoms with van der Waals surface area (Å²) in [4.78, 5) is 31.5. The molecule has 1 fully saturated rings. The van der Waals surface area contributed by atoms with E-state index in [4.69, 9.17) is 10.5 Å². The van der Waals surface area contributed by atoms with Gasteiger partial charge in [0.15, 0.2) is 0 Å². The second-order valence-corrected chi connectivity index (χ2v) is 5.46. The number of hydrogen-bond acceptors (Lipinski definition) is 5. The molecule has 2 aromatic rings. The van der Waals surface area contributed by atoms with Crippen LogP contribution in [0.1, 0.15) is 5.56 Å². The summed E-state index contributed by atoms with van der Waals surface area (Å²) in [6, 6.07) is 12.8. The van der Waals surface area contributed by atoms with Crippen LogP contribution in [0, 0.1) is 0 Å². The van der Waals surface area contributed by atoms with Crippen LogP contribution < -0.4 is 10.6 Å². The van der Waals surface area contributed by atoms with Gasteiger partial charge in [-0.3, -0.25) is 14.6 Å². The average molecular weight is 326 g/mol. The van der Waals surface area contributed by atoms with Crippen LogP contribution in [0.4, 0.5) is 16.3 Å². The number of anilines is 2. The number of carbonyl (C=O) groups is 2. The lowest BCUT2D eigenvalue weighted by molar-refractivity contribution is -0.121. The minimum Gasteiger partial charge on any atom is -0.445 e. The van der Waals surface area contributed by atoms with Gasteiger partial charge in [-0.1, -0.05) is 30.3 Å². The van der Waals surface area contributed by atoms with Crippen LogP contribution in [0.25, 0.3) is 0 Å². The number of nitrogens with two attached hydrogens (primary N) is 1. The molecule has 24 heavy (non-hydrogen) atoms. The first-order chi connectivity index (χ1) is 11.6. The van der Waals surface area contributed by atoms with Crippen molar-refractivity contribution in [2.45, 2.75) is 6.61 Å². The molecule has 0 atom stereocenters. The number of nitrogens with zero attached hydrogens (tertiary/aromatic N) is 3. The number of hydrogen-bond donors (Lipinski definition) is 1. The maximum Gasteiger partial charge on any atom is 0.410 e. The highest BCUT2D eigenvalue weighted by molar-refractivity contribution is 5.96. The van der Waals surface area contributed by atoms with Gasteiger partial charge < -0.3 is 10.5 Å². The first-order valence-corrected chi connectivity index (χ1v) is 7.61. The molecule has 2 heterocycles. The molecule has 0 aliphatic carbocycles. The van der Waals surface area contributed by atoms with Gasteiger partial charge >= 0.3 is 6.09 Å². The van der Waals surface area contributed by atoms with E-state index < -0.39 is 6.09 Å². The Morgan fingerprint density at radius 2 is 1.96 bits per heavy atom. The Hall–Kier alpha value is -3.09. The molecule has 1 aliphatic heterocycles. The fourth-order valence-electron chi connectivity index (χ4n) is 2.44. The molecule has 0 radical (unpaired) electrons. The Balaban J connectivity index is 1.55. The van der Waals surface area contributed by atoms with Crippen molar-refractivity contribution in [2.24, 2.45) is 0 Å². The average Bonchev–Trinajstić information content (AvgIpc) is 2.61. The Morgan fingerprint density at radius 1 is 1.17 bits per heavy atom. The number of ether oxygens (including phenoxy) is 1. The van der Waals surface area contributed by atoms with Gasteiger partial charge in [0.1, 0.15) is 19.0 Å². The number of rotatable bonds is 3. The highest BCUT2D eigenvalue weighted by Crippen LogP contribution is 2.16. The predicted octanol–water partition coefficient (Wildman–Crippen LogP) is 1.65. The maximum atomic E-state index is 12.3. The zero-order chi connectivity index (χ0) is 16.9. The van der Waals surface area contributed by atoms with E-state index in [1.165, 1.54) is 11.1 Å². The molecule has 0 spiro atoms. The highest BCUT2D eigenvalue weighted by Gasteiger charge is 2.29. The monoisotopic (exact) mass is 326 g/mol. The third-order valence-electron chi connectivity index (χ3n) is 3.73. The van der Waals surface area contributed by atoms with E-state index in [-0.39, 0.29) is 19.1 Å². The van der Waals surface area contributed by atoms with E-state index in [9.17, 15) is 9.59 Å². The molecule has 2 N–H and O–H groups in total. The van der Waals surface area contributed by atoms with E-state index in [0.717, 1.165) is 5.56 Å². The number of pyridine rings is 1. The highest BCUT2D eigenvalue weighted by atomic mass is 16.6.